The maximum atomic E-state index is 11.0. The molecule has 0 aliphatic rings. The monoisotopic (exact) mass is 304 g/mol. The second-order valence-corrected chi connectivity index (χ2v) is 11.0. The molecule has 12 heavy (non-hydrogen) atoms. The third-order valence-corrected chi connectivity index (χ3v) is 4.69. The Morgan fingerprint density at radius 3 is 2.58 bits per heavy atom. The van der Waals surface area contributed by atoms with Crippen LogP contribution in [0, 0.1) is 0 Å². The highest BCUT2D eigenvalue weighted by Crippen LogP contribution is 2.70. The number of halogens is 3. The van der Waals surface area contributed by atoms with E-state index in [2.05, 4.69) is 15.9 Å². The number of hydrogen-bond donors (Lipinski definition) is 0. The van der Waals surface area contributed by atoms with Crippen molar-refractivity contribution in [1.82, 2.24) is 0 Å². The van der Waals surface area contributed by atoms with Gasteiger partial charge < -0.3 is 0 Å². The number of rotatable bonds is 2. The van der Waals surface area contributed by atoms with Gasteiger partial charge in [0.1, 0.15) is 0 Å². The normalized spacial score (nSPS) is 11.6. The Bertz CT molecular complexity index is 327. The van der Waals surface area contributed by atoms with E-state index in [0.717, 1.165) is 20.7 Å². The van der Waals surface area contributed by atoms with Crippen LogP contribution in [0.1, 0.15) is 0 Å². The van der Waals surface area contributed by atoms with Crippen molar-refractivity contribution in [1.29, 1.82) is 0 Å². The minimum Gasteiger partial charge on any atom is -0.277 e. The van der Waals surface area contributed by atoms with E-state index in [4.69, 9.17) is 22.5 Å². The lowest BCUT2D eigenvalue weighted by molar-refractivity contribution is 0.600. The van der Waals surface area contributed by atoms with Gasteiger partial charge in [0.15, 0.2) is 0 Å². The van der Waals surface area contributed by atoms with Crippen molar-refractivity contribution in [2.75, 3.05) is 0 Å². The maximum Gasteiger partial charge on any atom is 0.311 e. The fraction of sp³-hybridized carbons (Fsp3) is 0. The summed E-state index contributed by atoms with van der Waals surface area (Å²) in [5.41, 5.74) is 0. The van der Waals surface area contributed by atoms with Crippen molar-refractivity contribution < 1.29 is 4.57 Å². The molecule has 0 atom stereocenters. The number of benzene rings is 1. The van der Waals surface area contributed by atoms with Crippen LogP contribution in [0.2, 0.25) is 0 Å². The molecule has 0 N–H and O–H groups in total. The second kappa shape index (κ2) is 4.39. The van der Waals surface area contributed by atoms with Crippen LogP contribution in [0.4, 0.5) is 0 Å². The average Bonchev–Trinajstić information content (AvgIpc) is 1.82. The van der Waals surface area contributed by atoms with Crippen molar-refractivity contribution >= 4 is 54.8 Å². The Balaban J connectivity index is 2.84. The molecule has 0 spiro atoms. The van der Waals surface area contributed by atoms with Gasteiger partial charge in [-0.05, 0) is 52.1 Å². The molecule has 6 heteroatoms. The lowest BCUT2D eigenvalue weighted by Crippen LogP contribution is -1.67. The van der Waals surface area contributed by atoms with E-state index in [1.807, 2.05) is 18.2 Å². The molecule has 0 fully saturated rings. The van der Waals surface area contributed by atoms with Gasteiger partial charge in [-0.25, -0.2) is 0 Å². The van der Waals surface area contributed by atoms with Gasteiger partial charge in [0, 0.05) is 9.37 Å². The molecule has 1 nitrogen and oxygen atoms in total. The average molecular weight is 306 g/mol. The first-order valence-electron chi connectivity index (χ1n) is 2.92. The molecule has 0 radical (unpaired) electrons. The predicted octanol–water partition coefficient (Wildman–Crippen LogP) is 5.13. The largest absolute Gasteiger partial charge is 0.311 e. The van der Waals surface area contributed by atoms with E-state index < -0.39 is 5.05 Å². The Hall–Kier alpha value is 0.860. The van der Waals surface area contributed by atoms with E-state index >= 15 is 0 Å². The van der Waals surface area contributed by atoms with E-state index in [9.17, 15) is 4.57 Å². The molecule has 0 saturated carbocycles. The van der Waals surface area contributed by atoms with Crippen molar-refractivity contribution in [3.8, 4) is 0 Å². The lowest BCUT2D eigenvalue weighted by atomic mass is 10.4. The predicted molar refractivity (Wildman–Crippen MR) is 59.3 cm³/mol. The summed E-state index contributed by atoms with van der Waals surface area (Å²) in [6.45, 7) is 0. The zero-order chi connectivity index (χ0) is 9.19. The zero-order valence-electron chi connectivity index (χ0n) is 5.71. The van der Waals surface area contributed by atoms with Crippen LogP contribution in [0.25, 0.3) is 0 Å². The summed E-state index contributed by atoms with van der Waals surface area (Å²) in [6.07, 6.45) is 0. The zero-order valence-corrected chi connectivity index (χ0v) is 10.5. The lowest BCUT2D eigenvalue weighted by Gasteiger charge is -2.00. The van der Waals surface area contributed by atoms with E-state index in [-0.39, 0.29) is 0 Å². The van der Waals surface area contributed by atoms with E-state index in [0.29, 0.717) is 0 Å². The molecule has 66 valence electrons. The maximum absolute atomic E-state index is 11.0. The summed E-state index contributed by atoms with van der Waals surface area (Å²) in [6, 6.07) is 7.31. The minimum atomic E-state index is -3.07. The molecule has 1 aromatic rings. The Kier molecular flexibility index (Phi) is 4.00. The number of hydrogen-bond acceptors (Lipinski definition) is 2. The van der Waals surface area contributed by atoms with Crippen LogP contribution in [-0.4, -0.2) is 0 Å². The van der Waals surface area contributed by atoms with Crippen molar-refractivity contribution in [2.24, 2.45) is 0 Å². The highest BCUT2D eigenvalue weighted by atomic mass is 79.9. The van der Waals surface area contributed by atoms with Crippen LogP contribution >= 0.6 is 54.8 Å². The van der Waals surface area contributed by atoms with Gasteiger partial charge in [-0.2, -0.15) is 0 Å². The summed E-state index contributed by atoms with van der Waals surface area (Å²) in [5, 5.41) is -3.07. The van der Waals surface area contributed by atoms with E-state index in [1.165, 1.54) is 0 Å². The third kappa shape index (κ3) is 4.20. The highest BCUT2D eigenvalue weighted by Gasteiger charge is 2.15. The summed E-state index contributed by atoms with van der Waals surface area (Å²) in [4.78, 5) is 0.790. The Morgan fingerprint density at radius 1 is 1.42 bits per heavy atom. The van der Waals surface area contributed by atoms with Gasteiger partial charge in [-0.1, -0.05) is 22.0 Å². The molecule has 1 rings (SSSR count). The standard InChI is InChI=1S/C6H4BrCl2OPS/c7-5-2-1-3-6(4-5)12-11(8,9)10/h1-4H. The first-order chi connectivity index (χ1) is 5.47. The smallest absolute Gasteiger partial charge is 0.277 e. The first-order valence-corrected chi connectivity index (χ1v) is 8.65. The van der Waals surface area contributed by atoms with Gasteiger partial charge in [-0.15, -0.1) is 0 Å². The van der Waals surface area contributed by atoms with Crippen molar-refractivity contribution in [2.45, 2.75) is 4.90 Å². The summed E-state index contributed by atoms with van der Waals surface area (Å²) < 4.78 is 11.9. The molecule has 0 aliphatic carbocycles. The molecule has 1 aromatic carbocycles. The SMILES string of the molecule is O=P(Cl)(Cl)Sc1cccc(Br)c1. The van der Waals surface area contributed by atoms with Crippen molar-refractivity contribution in [3.05, 3.63) is 28.7 Å². The fourth-order valence-electron chi connectivity index (χ4n) is 0.647. The van der Waals surface area contributed by atoms with Gasteiger partial charge in [0.25, 0.3) is 0 Å². The van der Waals surface area contributed by atoms with Crippen LogP contribution < -0.4 is 0 Å². The van der Waals surface area contributed by atoms with Crippen LogP contribution in [0.5, 0.6) is 0 Å². The van der Waals surface area contributed by atoms with Gasteiger partial charge in [-0.3, -0.25) is 4.57 Å². The Labute approximate surface area is 92.7 Å². The summed E-state index contributed by atoms with van der Waals surface area (Å²) in [5.74, 6) is 0. The fourth-order valence-corrected chi connectivity index (χ4v) is 4.27. The van der Waals surface area contributed by atoms with Gasteiger partial charge in [0.2, 0.25) is 0 Å². The Morgan fingerprint density at radius 2 is 2.08 bits per heavy atom. The van der Waals surface area contributed by atoms with Gasteiger partial charge >= 0.3 is 5.05 Å². The molecular formula is C6H4BrCl2OPS. The quantitative estimate of drug-likeness (QED) is 0.705. The highest BCUT2D eigenvalue weighted by molar-refractivity contribution is 9.10. The molecule has 0 amide bonds. The van der Waals surface area contributed by atoms with E-state index in [1.54, 1.807) is 6.07 Å². The van der Waals surface area contributed by atoms with Gasteiger partial charge in [0.05, 0.1) is 0 Å². The van der Waals surface area contributed by atoms with Crippen LogP contribution in [-0.2, 0) is 4.57 Å². The molecule has 0 aromatic heterocycles. The molecular weight excluding hydrogens is 302 g/mol. The second-order valence-electron chi connectivity index (χ2n) is 1.96. The van der Waals surface area contributed by atoms with Crippen LogP contribution in [0.3, 0.4) is 0 Å². The topological polar surface area (TPSA) is 17.1 Å². The summed E-state index contributed by atoms with van der Waals surface area (Å²) in [7, 11) is 0. The molecule has 0 aliphatic heterocycles. The molecule has 0 unspecified atom stereocenters. The first kappa shape index (κ1) is 10.9. The summed E-state index contributed by atoms with van der Waals surface area (Å²) >= 11 is 15.0. The van der Waals surface area contributed by atoms with Crippen LogP contribution in [0.15, 0.2) is 33.6 Å². The molecule has 0 heterocycles. The molecule has 0 bridgehead atoms. The minimum absolute atomic E-state index is 0.790. The van der Waals surface area contributed by atoms with Crippen molar-refractivity contribution in [3.63, 3.8) is 0 Å². The molecule has 0 saturated heterocycles. The third-order valence-electron chi connectivity index (χ3n) is 1.01.